The monoisotopic (exact) mass is 291 g/mol. The van der Waals surface area contributed by atoms with Crippen LogP contribution in [0.1, 0.15) is 18.9 Å². The molecule has 0 aliphatic rings. The second-order valence-corrected chi connectivity index (χ2v) is 5.77. The van der Waals surface area contributed by atoms with E-state index in [4.69, 9.17) is 5.26 Å². The van der Waals surface area contributed by atoms with Gasteiger partial charge in [0, 0.05) is 11.7 Å². The molecule has 5 heteroatoms. The Morgan fingerprint density at radius 1 is 1.55 bits per heavy atom. The van der Waals surface area contributed by atoms with Crippen molar-refractivity contribution in [1.29, 1.82) is 5.26 Å². The Kier molecular flexibility index (Phi) is 7.13. The third kappa shape index (κ3) is 5.64. The molecule has 0 aromatic heterocycles. The number of likely N-dealkylation sites (N-methyl/N-ethyl adjacent to an activating group) is 1. The SMILES string of the molecule is CSCCC(C)N(C)CC(=O)Nc1cccc(C#N)c1. The highest BCUT2D eigenvalue weighted by molar-refractivity contribution is 7.98. The first-order chi connectivity index (χ1) is 9.56. The first-order valence-electron chi connectivity index (χ1n) is 6.56. The number of anilines is 1. The number of nitriles is 1. The third-order valence-corrected chi connectivity index (χ3v) is 3.80. The van der Waals surface area contributed by atoms with Gasteiger partial charge in [-0.2, -0.15) is 17.0 Å². The fraction of sp³-hybridized carbons (Fsp3) is 0.467. The standard InChI is InChI=1S/C15H21N3OS/c1-12(7-8-20-3)18(2)11-15(19)17-14-6-4-5-13(9-14)10-16/h4-6,9,12H,7-8,11H2,1-3H3,(H,17,19). The minimum absolute atomic E-state index is 0.0569. The van der Waals surface area contributed by atoms with Gasteiger partial charge in [0.1, 0.15) is 0 Å². The highest BCUT2D eigenvalue weighted by Gasteiger charge is 2.13. The molecule has 0 radical (unpaired) electrons. The van der Waals surface area contributed by atoms with Crippen molar-refractivity contribution in [1.82, 2.24) is 4.90 Å². The molecule has 0 saturated heterocycles. The summed E-state index contributed by atoms with van der Waals surface area (Å²) in [6, 6.07) is 9.37. The molecule has 0 bridgehead atoms. The lowest BCUT2D eigenvalue weighted by atomic mass is 10.2. The first-order valence-corrected chi connectivity index (χ1v) is 7.95. The molecule has 0 spiro atoms. The Morgan fingerprint density at radius 3 is 2.95 bits per heavy atom. The maximum atomic E-state index is 12.0. The smallest absolute Gasteiger partial charge is 0.238 e. The summed E-state index contributed by atoms with van der Waals surface area (Å²) < 4.78 is 0. The van der Waals surface area contributed by atoms with E-state index >= 15 is 0 Å². The quantitative estimate of drug-likeness (QED) is 0.839. The van der Waals surface area contributed by atoms with Gasteiger partial charge in [-0.15, -0.1) is 0 Å². The van der Waals surface area contributed by atoms with E-state index in [2.05, 4.69) is 24.6 Å². The number of benzene rings is 1. The number of carbonyl (C=O) groups excluding carboxylic acids is 1. The molecule has 1 unspecified atom stereocenters. The number of thioether (sulfide) groups is 1. The summed E-state index contributed by atoms with van der Waals surface area (Å²) in [7, 11) is 1.95. The Hall–Kier alpha value is -1.51. The maximum absolute atomic E-state index is 12.0. The van der Waals surface area contributed by atoms with Crippen molar-refractivity contribution in [2.75, 3.05) is 30.9 Å². The molecule has 0 heterocycles. The fourth-order valence-corrected chi connectivity index (χ4v) is 2.33. The lowest BCUT2D eigenvalue weighted by molar-refractivity contribution is -0.117. The van der Waals surface area contributed by atoms with Gasteiger partial charge in [-0.25, -0.2) is 0 Å². The van der Waals surface area contributed by atoms with Crippen LogP contribution < -0.4 is 5.32 Å². The van der Waals surface area contributed by atoms with Crippen LogP contribution in [0.15, 0.2) is 24.3 Å². The van der Waals surface area contributed by atoms with Crippen LogP contribution in [0, 0.1) is 11.3 Å². The zero-order chi connectivity index (χ0) is 15.0. The highest BCUT2D eigenvalue weighted by atomic mass is 32.2. The molecule has 0 aliphatic heterocycles. The number of amides is 1. The summed E-state index contributed by atoms with van der Waals surface area (Å²) in [5.41, 5.74) is 1.21. The molecule has 0 aliphatic carbocycles. The van der Waals surface area contributed by atoms with Gasteiger partial charge in [0.05, 0.1) is 18.2 Å². The van der Waals surface area contributed by atoms with Crippen LogP contribution in [0.3, 0.4) is 0 Å². The molecule has 1 aromatic rings. The van der Waals surface area contributed by atoms with Crippen molar-refractivity contribution in [2.24, 2.45) is 0 Å². The van der Waals surface area contributed by atoms with Crippen molar-refractivity contribution in [3.8, 4) is 6.07 Å². The van der Waals surface area contributed by atoms with Crippen LogP contribution in [0.4, 0.5) is 5.69 Å². The highest BCUT2D eigenvalue weighted by Crippen LogP contribution is 2.10. The average Bonchev–Trinajstić information content (AvgIpc) is 2.44. The number of nitrogens with one attached hydrogen (secondary N) is 1. The van der Waals surface area contributed by atoms with E-state index in [0.29, 0.717) is 23.8 Å². The van der Waals surface area contributed by atoms with Crippen molar-refractivity contribution < 1.29 is 4.79 Å². The average molecular weight is 291 g/mol. The first kappa shape index (κ1) is 16.5. The molecular formula is C15H21N3OS. The Balaban J connectivity index is 2.48. The zero-order valence-electron chi connectivity index (χ0n) is 12.2. The number of nitrogens with zero attached hydrogens (tertiary/aromatic N) is 2. The van der Waals surface area contributed by atoms with E-state index < -0.39 is 0 Å². The third-order valence-electron chi connectivity index (χ3n) is 3.16. The summed E-state index contributed by atoms with van der Waals surface area (Å²) in [6.45, 7) is 2.48. The topological polar surface area (TPSA) is 56.1 Å². The van der Waals surface area contributed by atoms with Crippen LogP contribution in [0.5, 0.6) is 0 Å². The maximum Gasteiger partial charge on any atom is 0.238 e. The van der Waals surface area contributed by atoms with Gasteiger partial charge >= 0.3 is 0 Å². The van der Waals surface area contributed by atoms with E-state index in [9.17, 15) is 4.79 Å². The van der Waals surface area contributed by atoms with Crippen molar-refractivity contribution in [3.63, 3.8) is 0 Å². The van der Waals surface area contributed by atoms with E-state index in [0.717, 1.165) is 12.2 Å². The molecule has 4 nitrogen and oxygen atoms in total. The van der Waals surface area contributed by atoms with Crippen LogP contribution in [0.2, 0.25) is 0 Å². The molecule has 1 aromatic carbocycles. The zero-order valence-corrected chi connectivity index (χ0v) is 13.0. The largest absolute Gasteiger partial charge is 0.325 e. The molecule has 108 valence electrons. The predicted molar refractivity (Wildman–Crippen MR) is 84.9 cm³/mol. The molecule has 1 N–H and O–H groups in total. The number of hydrogen-bond donors (Lipinski definition) is 1. The Morgan fingerprint density at radius 2 is 2.30 bits per heavy atom. The van der Waals surface area contributed by atoms with Crippen molar-refractivity contribution in [2.45, 2.75) is 19.4 Å². The van der Waals surface area contributed by atoms with Crippen LogP contribution in [-0.4, -0.2) is 42.4 Å². The minimum Gasteiger partial charge on any atom is -0.325 e. The molecule has 1 amide bonds. The van der Waals surface area contributed by atoms with Crippen LogP contribution >= 0.6 is 11.8 Å². The van der Waals surface area contributed by atoms with Gasteiger partial charge in [0.15, 0.2) is 0 Å². The van der Waals surface area contributed by atoms with Gasteiger partial charge in [-0.1, -0.05) is 6.07 Å². The summed E-state index contributed by atoms with van der Waals surface area (Å²) >= 11 is 1.82. The van der Waals surface area contributed by atoms with Crippen LogP contribution in [-0.2, 0) is 4.79 Å². The van der Waals surface area contributed by atoms with E-state index in [-0.39, 0.29) is 5.91 Å². The normalized spacial score (nSPS) is 11.9. The predicted octanol–water partition coefficient (Wildman–Crippen LogP) is 2.57. The minimum atomic E-state index is -0.0569. The molecule has 20 heavy (non-hydrogen) atoms. The van der Waals surface area contributed by atoms with Crippen LogP contribution in [0.25, 0.3) is 0 Å². The van der Waals surface area contributed by atoms with Crippen molar-refractivity contribution >= 4 is 23.4 Å². The number of hydrogen-bond acceptors (Lipinski definition) is 4. The van der Waals surface area contributed by atoms with Gasteiger partial charge in [0.25, 0.3) is 0 Å². The van der Waals surface area contributed by atoms with E-state index in [1.54, 1.807) is 24.3 Å². The second kappa shape index (κ2) is 8.62. The Labute approximate surface area is 125 Å². The van der Waals surface area contributed by atoms with Gasteiger partial charge in [-0.3, -0.25) is 9.69 Å². The van der Waals surface area contributed by atoms with E-state index in [1.165, 1.54) is 0 Å². The molecule has 0 fully saturated rings. The molecular weight excluding hydrogens is 270 g/mol. The molecule has 1 rings (SSSR count). The number of carbonyl (C=O) groups is 1. The summed E-state index contributed by atoms with van der Waals surface area (Å²) in [4.78, 5) is 14.0. The number of rotatable bonds is 7. The van der Waals surface area contributed by atoms with Gasteiger partial charge in [0.2, 0.25) is 5.91 Å². The van der Waals surface area contributed by atoms with E-state index in [1.807, 2.05) is 23.7 Å². The lowest BCUT2D eigenvalue weighted by Crippen LogP contribution is -2.36. The Bertz CT molecular complexity index is 484. The van der Waals surface area contributed by atoms with Crippen molar-refractivity contribution in [3.05, 3.63) is 29.8 Å². The van der Waals surface area contributed by atoms with Gasteiger partial charge < -0.3 is 5.32 Å². The molecule has 1 atom stereocenters. The molecule has 0 saturated carbocycles. The summed E-state index contributed by atoms with van der Waals surface area (Å²) in [6.07, 6.45) is 3.15. The fourth-order valence-electron chi connectivity index (χ4n) is 1.76. The second-order valence-electron chi connectivity index (χ2n) is 4.79. The summed E-state index contributed by atoms with van der Waals surface area (Å²) in [5.74, 6) is 1.04. The van der Waals surface area contributed by atoms with Gasteiger partial charge in [-0.05, 0) is 50.6 Å². The summed E-state index contributed by atoms with van der Waals surface area (Å²) in [5, 5.41) is 11.6. The lowest BCUT2D eigenvalue weighted by Gasteiger charge is -2.23.